The molecule has 11 heteroatoms. The second-order valence-electron chi connectivity index (χ2n) is 8.70. The van der Waals surface area contributed by atoms with Crippen LogP contribution in [0.5, 0.6) is 0 Å². The van der Waals surface area contributed by atoms with Crippen LogP contribution in [0.4, 0.5) is 36.3 Å². The second-order valence-corrected chi connectivity index (χ2v) is 8.70. The second kappa shape index (κ2) is 10.9. The van der Waals surface area contributed by atoms with Crippen molar-refractivity contribution in [1.29, 1.82) is 0 Å². The van der Waals surface area contributed by atoms with Crippen LogP contribution in [0.25, 0.3) is 0 Å². The van der Waals surface area contributed by atoms with Crippen molar-refractivity contribution in [3.8, 4) is 0 Å². The van der Waals surface area contributed by atoms with Gasteiger partial charge >= 0.3 is 6.18 Å². The van der Waals surface area contributed by atoms with E-state index in [1.54, 1.807) is 30.6 Å². The van der Waals surface area contributed by atoms with Crippen molar-refractivity contribution in [2.24, 2.45) is 5.10 Å². The van der Waals surface area contributed by atoms with E-state index < -0.39 is 11.7 Å². The quantitative estimate of drug-likeness (QED) is 0.335. The molecular formula is C25H28F3N7O. The van der Waals surface area contributed by atoms with Gasteiger partial charge in [0.2, 0.25) is 5.95 Å². The first kappa shape index (κ1) is 25.4. The number of benzene rings is 1. The predicted molar refractivity (Wildman–Crippen MR) is 134 cm³/mol. The van der Waals surface area contributed by atoms with Crippen LogP contribution in [0.1, 0.15) is 42.3 Å². The van der Waals surface area contributed by atoms with Gasteiger partial charge in [-0.1, -0.05) is 19.9 Å². The van der Waals surface area contributed by atoms with E-state index in [9.17, 15) is 13.2 Å². The monoisotopic (exact) mass is 499 g/mol. The summed E-state index contributed by atoms with van der Waals surface area (Å²) in [7, 11) is 0. The normalized spacial score (nSPS) is 14.5. The fraction of sp³-hybridized carbons (Fsp3) is 0.360. The van der Waals surface area contributed by atoms with Crippen molar-refractivity contribution in [3.63, 3.8) is 0 Å². The third kappa shape index (κ3) is 6.28. The molecule has 0 saturated carbocycles. The molecule has 0 atom stereocenters. The summed E-state index contributed by atoms with van der Waals surface area (Å²) < 4.78 is 44.6. The van der Waals surface area contributed by atoms with Crippen molar-refractivity contribution in [2.75, 3.05) is 41.9 Å². The van der Waals surface area contributed by atoms with Crippen molar-refractivity contribution < 1.29 is 17.9 Å². The van der Waals surface area contributed by atoms with Gasteiger partial charge in [0.05, 0.1) is 42.1 Å². The van der Waals surface area contributed by atoms with Crippen LogP contribution >= 0.6 is 0 Å². The van der Waals surface area contributed by atoms with Crippen LogP contribution in [-0.2, 0) is 10.9 Å². The van der Waals surface area contributed by atoms with Gasteiger partial charge in [-0.2, -0.15) is 23.3 Å². The molecule has 3 heterocycles. The molecule has 0 bridgehead atoms. The fourth-order valence-corrected chi connectivity index (χ4v) is 3.78. The summed E-state index contributed by atoms with van der Waals surface area (Å²) in [4.78, 5) is 15.7. The average molecular weight is 500 g/mol. The van der Waals surface area contributed by atoms with E-state index in [0.717, 1.165) is 36.6 Å². The Balaban J connectivity index is 1.48. The molecule has 0 aliphatic carbocycles. The summed E-state index contributed by atoms with van der Waals surface area (Å²) >= 11 is 0. The molecule has 1 fully saturated rings. The highest BCUT2D eigenvalue weighted by atomic mass is 19.4. The molecule has 1 saturated heterocycles. The Hall–Kier alpha value is -3.73. The minimum atomic E-state index is -4.41. The molecule has 0 radical (unpaired) electrons. The maximum Gasteiger partial charge on any atom is 0.416 e. The number of aromatic nitrogens is 3. The summed E-state index contributed by atoms with van der Waals surface area (Å²) in [6.45, 7) is 8.74. The lowest BCUT2D eigenvalue weighted by atomic mass is 10.1. The van der Waals surface area contributed by atoms with Gasteiger partial charge in [-0.05, 0) is 43.2 Å². The van der Waals surface area contributed by atoms with Gasteiger partial charge in [0.15, 0.2) is 0 Å². The number of pyridine rings is 1. The van der Waals surface area contributed by atoms with Gasteiger partial charge in [0, 0.05) is 30.5 Å². The van der Waals surface area contributed by atoms with Crippen molar-refractivity contribution in [3.05, 3.63) is 65.1 Å². The van der Waals surface area contributed by atoms with E-state index in [1.807, 2.05) is 20.8 Å². The SMILES string of the molecule is Cc1cnc(N/N=C/c2ccc(Nc3cccc(C(F)(F)F)c3)c(C(C)C)n2)nc1N1CCOCC1. The van der Waals surface area contributed by atoms with Crippen molar-refractivity contribution in [1.82, 2.24) is 15.0 Å². The summed E-state index contributed by atoms with van der Waals surface area (Å²) in [6, 6.07) is 8.60. The average Bonchev–Trinajstić information content (AvgIpc) is 2.86. The van der Waals surface area contributed by atoms with Crippen molar-refractivity contribution >= 4 is 29.4 Å². The van der Waals surface area contributed by atoms with Crippen LogP contribution in [0.3, 0.4) is 0 Å². The number of hydrogen-bond donors (Lipinski definition) is 2. The molecule has 1 aromatic carbocycles. The predicted octanol–water partition coefficient (Wildman–Crippen LogP) is 5.35. The molecular weight excluding hydrogens is 471 g/mol. The smallest absolute Gasteiger partial charge is 0.378 e. The molecule has 0 spiro atoms. The number of hydrogen-bond acceptors (Lipinski definition) is 8. The molecule has 0 amide bonds. The minimum Gasteiger partial charge on any atom is -0.378 e. The zero-order chi connectivity index (χ0) is 25.7. The molecule has 1 aliphatic heterocycles. The molecule has 1 aliphatic rings. The van der Waals surface area contributed by atoms with Gasteiger partial charge in [-0.15, -0.1) is 0 Å². The molecule has 36 heavy (non-hydrogen) atoms. The van der Waals surface area contributed by atoms with Gasteiger partial charge in [0.1, 0.15) is 5.82 Å². The standard InChI is InChI=1S/C25H28F3N7O/c1-16(2)22-21(31-19-6-4-5-18(13-19)25(26,27)28)8-7-20(32-22)15-30-34-24-29-14-17(3)23(33-24)35-9-11-36-12-10-35/h4-8,13-16,31H,9-12H2,1-3H3,(H,29,33,34)/b30-15+. The number of halogens is 3. The van der Waals surface area contributed by atoms with Crippen LogP contribution < -0.4 is 15.6 Å². The van der Waals surface area contributed by atoms with Crippen molar-refractivity contribution in [2.45, 2.75) is 32.9 Å². The Labute approximate surface area is 207 Å². The molecule has 8 nitrogen and oxygen atoms in total. The van der Waals surface area contributed by atoms with Gasteiger partial charge in [-0.3, -0.25) is 0 Å². The third-order valence-electron chi connectivity index (χ3n) is 5.58. The zero-order valence-corrected chi connectivity index (χ0v) is 20.3. The molecule has 190 valence electrons. The fourth-order valence-electron chi connectivity index (χ4n) is 3.78. The maximum absolute atomic E-state index is 13.1. The number of morpholine rings is 1. The first-order valence-electron chi connectivity index (χ1n) is 11.6. The van der Waals surface area contributed by atoms with Gasteiger partial charge in [-0.25, -0.2) is 15.4 Å². The molecule has 2 aromatic heterocycles. The Kier molecular flexibility index (Phi) is 7.68. The minimum absolute atomic E-state index is 0.0242. The van der Waals surface area contributed by atoms with Gasteiger partial charge in [0.25, 0.3) is 0 Å². The van der Waals surface area contributed by atoms with Crippen LogP contribution in [0.2, 0.25) is 0 Å². The number of alkyl halides is 3. The zero-order valence-electron chi connectivity index (χ0n) is 20.3. The van der Waals surface area contributed by atoms with E-state index in [1.165, 1.54) is 6.07 Å². The number of ether oxygens (including phenoxy) is 1. The largest absolute Gasteiger partial charge is 0.416 e. The molecule has 4 rings (SSSR count). The number of rotatable bonds is 7. The van der Waals surface area contributed by atoms with E-state index in [4.69, 9.17) is 4.74 Å². The van der Waals surface area contributed by atoms with Gasteiger partial charge < -0.3 is 15.0 Å². The highest BCUT2D eigenvalue weighted by Crippen LogP contribution is 2.32. The number of anilines is 4. The first-order valence-corrected chi connectivity index (χ1v) is 11.6. The van der Waals surface area contributed by atoms with Crippen LogP contribution in [0.15, 0.2) is 47.7 Å². The highest BCUT2D eigenvalue weighted by molar-refractivity contribution is 5.79. The highest BCUT2D eigenvalue weighted by Gasteiger charge is 2.30. The van der Waals surface area contributed by atoms with E-state index in [0.29, 0.717) is 41.9 Å². The Bertz CT molecular complexity index is 1220. The first-order chi connectivity index (χ1) is 17.2. The lowest BCUT2D eigenvalue weighted by Crippen LogP contribution is -2.37. The van der Waals surface area contributed by atoms with E-state index >= 15 is 0 Å². The summed E-state index contributed by atoms with van der Waals surface area (Å²) in [5.41, 5.74) is 5.37. The maximum atomic E-state index is 13.1. The summed E-state index contributed by atoms with van der Waals surface area (Å²) in [5.74, 6) is 1.23. The molecule has 0 unspecified atom stereocenters. The third-order valence-corrected chi connectivity index (χ3v) is 5.58. The Morgan fingerprint density at radius 3 is 2.61 bits per heavy atom. The lowest BCUT2D eigenvalue weighted by Gasteiger charge is -2.28. The number of hydrazone groups is 1. The van der Waals surface area contributed by atoms with Crippen LogP contribution in [-0.4, -0.2) is 47.5 Å². The lowest BCUT2D eigenvalue weighted by molar-refractivity contribution is -0.137. The van der Waals surface area contributed by atoms with E-state index in [-0.39, 0.29) is 5.92 Å². The number of nitrogens with one attached hydrogen (secondary N) is 2. The summed E-state index contributed by atoms with van der Waals surface area (Å²) in [6.07, 6.45) is -1.11. The molecule has 2 N–H and O–H groups in total. The molecule has 3 aromatic rings. The van der Waals surface area contributed by atoms with E-state index in [2.05, 4.69) is 35.7 Å². The number of nitrogens with zero attached hydrogens (tertiary/aromatic N) is 5. The summed E-state index contributed by atoms with van der Waals surface area (Å²) in [5, 5.41) is 7.29. The van der Waals surface area contributed by atoms with Crippen LogP contribution in [0, 0.1) is 6.92 Å². The topological polar surface area (TPSA) is 87.6 Å². The Morgan fingerprint density at radius 2 is 1.89 bits per heavy atom. The number of aryl methyl sites for hydroxylation is 1. The Morgan fingerprint density at radius 1 is 1.11 bits per heavy atom.